The number of hydrogen-bond acceptors (Lipinski definition) is 4. The van der Waals surface area contributed by atoms with Crippen LogP contribution in [-0.4, -0.2) is 37.3 Å². The summed E-state index contributed by atoms with van der Waals surface area (Å²) in [6.07, 6.45) is 2.35. The average Bonchev–Trinajstić information content (AvgIpc) is 2.98. The number of carbonyl (C=O) groups is 1. The maximum Gasteiger partial charge on any atom is 0.261 e. The van der Waals surface area contributed by atoms with Crippen LogP contribution in [0.4, 0.5) is 0 Å². The van der Waals surface area contributed by atoms with E-state index in [0.29, 0.717) is 26.2 Å². The number of aromatic nitrogens is 1. The van der Waals surface area contributed by atoms with Crippen LogP contribution >= 0.6 is 0 Å². The minimum absolute atomic E-state index is 0.0893. The van der Waals surface area contributed by atoms with Gasteiger partial charge in [0.2, 0.25) is 0 Å². The standard InChI is InChI=1S/C22H27N3O3/c1-5-28-12-6-11-24-22(26)19(15-23)14-18-13-16(2)25(17(18)3)20-7-9-21(27-4)10-8-20/h7-10,13-14H,5-6,11-12H2,1-4H3,(H,24,26)/b19-14+. The molecule has 6 heteroatoms. The van der Waals surface area contributed by atoms with Crippen LogP contribution in [0.15, 0.2) is 35.9 Å². The van der Waals surface area contributed by atoms with Crippen LogP contribution in [0.2, 0.25) is 0 Å². The molecule has 0 aliphatic heterocycles. The Morgan fingerprint density at radius 2 is 2.00 bits per heavy atom. The van der Waals surface area contributed by atoms with Crippen LogP contribution in [0.3, 0.4) is 0 Å². The van der Waals surface area contributed by atoms with E-state index in [2.05, 4.69) is 9.88 Å². The van der Waals surface area contributed by atoms with E-state index < -0.39 is 0 Å². The van der Waals surface area contributed by atoms with Gasteiger partial charge in [-0.3, -0.25) is 4.79 Å². The van der Waals surface area contributed by atoms with Gasteiger partial charge in [0.05, 0.1) is 7.11 Å². The van der Waals surface area contributed by atoms with E-state index >= 15 is 0 Å². The van der Waals surface area contributed by atoms with E-state index in [1.165, 1.54) is 0 Å². The molecule has 1 heterocycles. The lowest BCUT2D eigenvalue weighted by Gasteiger charge is -2.10. The van der Waals surface area contributed by atoms with Crippen molar-refractivity contribution in [3.63, 3.8) is 0 Å². The summed E-state index contributed by atoms with van der Waals surface area (Å²) < 4.78 is 12.5. The Hall–Kier alpha value is -3.04. The lowest BCUT2D eigenvalue weighted by atomic mass is 10.1. The van der Waals surface area contributed by atoms with Crippen LogP contribution < -0.4 is 10.1 Å². The summed E-state index contributed by atoms with van der Waals surface area (Å²) >= 11 is 0. The zero-order valence-corrected chi connectivity index (χ0v) is 16.9. The van der Waals surface area contributed by atoms with Gasteiger partial charge in [-0.25, -0.2) is 0 Å². The average molecular weight is 381 g/mol. The topological polar surface area (TPSA) is 76.3 Å². The van der Waals surface area contributed by atoms with E-state index in [-0.39, 0.29) is 11.5 Å². The van der Waals surface area contributed by atoms with Gasteiger partial charge in [-0.15, -0.1) is 0 Å². The molecule has 0 saturated carbocycles. The Kier molecular flexibility index (Phi) is 7.85. The molecule has 0 unspecified atom stereocenters. The fourth-order valence-electron chi connectivity index (χ4n) is 2.98. The lowest BCUT2D eigenvalue weighted by molar-refractivity contribution is -0.117. The number of nitriles is 1. The number of rotatable bonds is 9. The highest BCUT2D eigenvalue weighted by Crippen LogP contribution is 2.24. The van der Waals surface area contributed by atoms with Gasteiger partial charge in [-0.2, -0.15) is 5.26 Å². The highest BCUT2D eigenvalue weighted by molar-refractivity contribution is 6.01. The molecular weight excluding hydrogens is 354 g/mol. The summed E-state index contributed by atoms with van der Waals surface area (Å²) in [5.74, 6) is 0.423. The molecule has 1 N–H and O–H groups in total. The molecule has 0 radical (unpaired) electrons. The molecule has 2 aromatic rings. The van der Waals surface area contributed by atoms with E-state index in [4.69, 9.17) is 9.47 Å². The predicted octanol–water partition coefficient (Wildman–Crippen LogP) is 3.55. The van der Waals surface area contributed by atoms with E-state index in [0.717, 1.165) is 28.4 Å². The molecule has 1 aromatic heterocycles. The first-order chi connectivity index (χ1) is 13.5. The van der Waals surface area contributed by atoms with Crippen molar-refractivity contribution < 1.29 is 14.3 Å². The number of carbonyl (C=O) groups excluding carboxylic acids is 1. The number of amides is 1. The second-order valence-corrected chi connectivity index (χ2v) is 6.34. The molecule has 0 aliphatic carbocycles. The highest BCUT2D eigenvalue weighted by atomic mass is 16.5. The second kappa shape index (κ2) is 10.3. The third kappa shape index (κ3) is 5.24. The number of hydrogen-bond donors (Lipinski definition) is 1. The van der Waals surface area contributed by atoms with Gasteiger partial charge in [0.25, 0.3) is 5.91 Å². The van der Waals surface area contributed by atoms with Crippen molar-refractivity contribution in [2.45, 2.75) is 27.2 Å². The van der Waals surface area contributed by atoms with Crippen molar-refractivity contribution in [2.75, 3.05) is 26.9 Å². The quantitative estimate of drug-likeness (QED) is 0.409. The molecule has 1 amide bonds. The van der Waals surface area contributed by atoms with Crippen molar-refractivity contribution in [3.8, 4) is 17.5 Å². The SMILES string of the molecule is CCOCCCNC(=O)/C(C#N)=C/c1cc(C)n(-c2ccc(OC)cc2)c1C. The summed E-state index contributed by atoms with van der Waals surface area (Å²) in [6.45, 7) is 7.61. The first-order valence-electron chi connectivity index (χ1n) is 9.33. The zero-order valence-electron chi connectivity index (χ0n) is 16.9. The van der Waals surface area contributed by atoms with Crippen LogP contribution in [0, 0.1) is 25.2 Å². The second-order valence-electron chi connectivity index (χ2n) is 6.34. The summed E-state index contributed by atoms with van der Waals surface area (Å²) in [5.41, 5.74) is 3.90. The first-order valence-corrected chi connectivity index (χ1v) is 9.33. The van der Waals surface area contributed by atoms with Gasteiger partial charge in [-0.1, -0.05) is 0 Å². The maximum atomic E-state index is 12.3. The van der Waals surface area contributed by atoms with Gasteiger partial charge < -0.3 is 19.4 Å². The smallest absolute Gasteiger partial charge is 0.261 e. The van der Waals surface area contributed by atoms with Crippen molar-refractivity contribution >= 4 is 12.0 Å². The zero-order chi connectivity index (χ0) is 20.5. The Morgan fingerprint density at radius 3 is 2.61 bits per heavy atom. The summed E-state index contributed by atoms with van der Waals surface area (Å²) in [6, 6.07) is 11.7. The molecule has 0 fully saturated rings. The van der Waals surface area contributed by atoms with Crippen LogP contribution in [-0.2, 0) is 9.53 Å². The summed E-state index contributed by atoms with van der Waals surface area (Å²) in [5, 5.41) is 12.2. The van der Waals surface area contributed by atoms with Crippen molar-refractivity contribution in [3.05, 3.63) is 52.9 Å². The third-order valence-electron chi connectivity index (χ3n) is 4.42. The van der Waals surface area contributed by atoms with Crippen molar-refractivity contribution in [1.29, 1.82) is 5.26 Å². The Bertz CT molecular complexity index is 874. The van der Waals surface area contributed by atoms with E-state index in [1.807, 2.05) is 57.2 Å². The monoisotopic (exact) mass is 381 g/mol. The predicted molar refractivity (Wildman–Crippen MR) is 110 cm³/mol. The van der Waals surface area contributed by atoms with Gasteiger partial charge in [-0.05, 0) is 69.2 Å². The molecule has 0 saturated heterocycles. The Morgan fingerprint density at radius 1 is 1.29 bits per heavy atom. The maximum absolute atomic E-state index is 12.3. The summed E-state index contributed by atoms with van der Waals surface area (Å²) in [7, 11) is 1.63. The van der Waals surface area contributed by atoms with Gasteiger partial charge in [0, 0.05) is 36.8 Å². The fraction of sp³-hybridized carbons (Fsp3) is 0.364. The molecular formula is C22H27N3O3. The number of nitrogens with zero attached hydrogens (tertiary/aromatic N) is 2. The number of ether oxygens (including phenoxy) is 2. The molecule has 0 spiro atoms. The van der Waals surface area contributed by atoms with Crippen LogP contribution in [0.5, 0.6) is 5.75 Å². The van der Waals surface area contributed by atoms with E-state index in [1.54, 1.807) is 13.2 Å². The van der Waals surface area contributed by atoms with E-state index in [9.17, 15) is 10.1 Å². The molecule has 0 atom stereocenters. The highest BCUT2D eigenvalue weighted by Gasteiger charge is 2.13. The van der Waals surface area contributed by atoms with Gasteiger partial charge >= 0.3 is 0 Å². The largest absolute Gasteiger partial charge is 0.497 e. The normalized spacial score (nSPS) is 11.2. The molecule has 0 bridgehead atoms. The minimum Gasteiger partial charge on any atom is -0.497 e. The molecule has 6 nitrogen and oxygen atoms in total. The number of nitrogens with one attached hydrogen (secondary N) is 1. The van der Waals surface area contributed by atoms with Crippen LogP contribution in [0.1, 0.15) is 30.3 Å². The van der Waals surface area contributed by atoms with Crippen molar-refractivity contribution in [2.24, 2.45) is 0 Å². The number of aryl methyl sites for hydroxylation is 1. The Labute approximate surface area is 166 Å². The molecule has 28 heavy (non-hydrogen) atoms. The van der Waals surface area contributed by atoms with Gasteiger partial charge in [0.1, 0.15) is 17.4 Å². The Balaban J connectivity index is 2.19. The molecule has 2 rings (SSSR count). The molecule has 1 aromatic carbocycles. The third-order valence-corrected chi connectivity index (χ3v) is 4.42. The first kappa shape index (κ1) is 21.3. The fourth-order valence-corrected chi connectivity index (χ4v) is 2.98. The number of methoxy groups -OCH3 is 1. The lowest BCUT2D eigenvalue weighted by Crippen LogP contribution is -2.26. The van der Waals surface area contributed by atoms with Gasteiger partial charge in [0.15, 0.2) is 0 Å². The molecule has 148 valence electrons. The van der Waals surface area contributed by atoms with Crippen LogP contribution in [0.25, 0.3) is 11.8 Å². The minimum atomic E-state index is -0.367. The number of benzene rings is 1. The molecule has 0 aliphatic rings. The summed E-state index contributed by atoms with van der Waals surface area (Å²) in [4.78, 5) is 12.3. The van der Waals surface area contributed by atoms with Crippen molar-refractivity contribution in [1.82, 2.24) is 9.88 Å².